The average Bonchev–Trinajstić information content (AvgIpc) is 2.91. The number of ether oxygens (including phenoxy) is 1. The van der Waals surface area contributed by atoms with Crippen LogP contribution in [0, 0.1) is 0 Å². The van der Waals surface area contributed by atoms with Gasteiger partial charge in [-0.2, -0.15) is 0 Å². The summed E-state index contributed by atoms with van der Waals surface area (Å²) in [4.78, 5) is 1.32. The zero-order chi connectivity index (χ0) is 13.7. The fourth-order valence-corrected chi connectivity index (χ4v) is 2.95. The molecule has 5 heteroatoms. The van der Waals surface area contributed by atoms with Gasteiger partial charge in [0.1, 0.15) is 6.61 Å². The molecule has 0 amide bonds. The number of thiophene rings is 1. The number of benzene rings is 1. The minimum absolute atomic E-state index is 0.324. The zero-order valence-corrected chi connectivity index (χ0v) is 12.9. The van der Waals surface area contributed by atoms with Crippen molar-refractivity contribution in [1.82, 2.24) is 5.32 Å². The molecule has 102 valence electrons. The zero-order valence-electron chi connectivity index (χ0n) is 10.5. The Balaban J connectivity index is 1.78. The molecular formula is C14H15Cl2NOS. The first-order valence-corrected chi connectivity index (χ1v) is 7.65. The quantitative estimate of drug-likeness (QED) is 0.774. The van der Waals surface area contributed by atoms with Gasteiger partial charge in [-0.05, 0) is 30.5 Å². The molecule has 0 saturated carbocycles. The van der Waals surface area contributed by atoms with Crippen LogP contribution in [0.25, 0.3) is 0 Å². The molecule has 0 fully saturated rings. The van der Waals surface area contributed by atoms with E-state index in [1.165, 1.54) is 4.88 Å². The van der Waals surface area contributed by atoms with Gasteiger partial charge in [-0.1, -0.05) is 35.3 Å². The topological polar surface area (TPSA) is 21.3 Å². The van der Waals surface area contributed by atoms with Gasteiger partial charge in [0.15, 0.2) is 5.75 Å². The Kier molecular flexibility index (Phi) is 5.52. The molecule has 2 nitrogen and oxygen atoms in total. The van der Waals surface area contributed by atoms with Gasteiger partial charge in [0, 0.05) is 17.5 Å². The minimum Gasteiger partial charge on any atom is -0.489 e. The first-order valence-electron chi connectivity index (χ1n) is 6.02. The molecule has 1 aromatic heterocycles. The van der Waals surface area contributed by atoms with E-state index in [1.807, 2.05) is 0 Å². The normalized spacial score (nSPS) is 12.4. The van der Waals surface area contributed by atoms with Crippen molar-refractivity contribution in [2.45, 2.75) is 13.0 Å². The van der Waals surface area contributed by atoms with Crippen molar-refractivity contribution in [1.29, 1.82) is 0 Å². The smallest absolute Gasteiger partial charge is 0.156 e. The van der Waals surface area contributed by atoms with Crippen LogP contribution in [-0.4, -0.2) is 13.2 Å². The number of halogens is 2. The van der Waals surface area contributed by atoms with Crippen molar-refractivity contribution in [3.05, 3.63) is 50.6 Å². The Labute approximate surface area is 127 Å². The highest BCUT2D eigenvalue weighted by atomic mass is 35.5. The lowest BCUT2D eigenvalue weighted by atomic mass is 10.3. The lowest BCUT2D eigenvalue weighted by Crippen LogP contribution is -2.23. The number of nitrogens with one attached hydrogen (secondary N) is 1. The van der Waals surface area contributed by atoms with Crippen molar-refractivity contribution >= 4 is 34.5 Å². The first-order chi connectivity index (χ1) is 9.18. The maximum absolute atomic E-state index is 6.02. The lowest BCUT2D eigenvalue weighted by Gasteiger charge is -2.13. The van der Waals surface area contributed by atoms with E-state index >= 15 is 0 Å². The van der Waals surface area contributed by atoms with Gasteiger partial charge in [-0.3, -0.25) is 0 Å². The van der Waals surface area contributed by atoms with Gasteiger partial charge in [-0.25, -0.2) is 0 Å². The monoisotopic (exact) mass is 315 g/mol. The summed E-state index contributed by atoms with van der Waals surface area (Å²) in [6.07, 6.45) is 0. The summed E-state index contributed by atoms with van der Waals surface area (Å²) in [5.41, 5.74) is 0. The third kappa shape index (κ3) is 4.11. The standard InChI is InChI=1S/C14H15Cl2NOS/c1-10(13-6-3-9-19-13)17-7-8-18-14-11(15)4-2-5-12(14)16/h2-6,9-10,17H,7-8H2,1H3. The molecule has 2 aromatic rings. The molecule has 0 aliphatic carbocycles. The number of hydrogen-bond acceptors (Lipinski definition) is 3. The summed E-state index contributed by atoms with van der Waals surface area (Å²) < 4.78 is 5.61. The Morgan fingerprint density at radius 3 is 2.58 bits per heavy atom. The molecule has 0 saturated heterocycles. The summed E-state index contributed by atoms with van der Waals surface area (Å²) >= 11 is 13.8. The predicted molar refractivity (Wildman–Crippen MR) is 82.7 cm³/mol. The van der Waals surface area contributed by atoms with Crippen LogP contribution >= 0.6 is 34.5 Å². The molecule has 0 aliphatic rings. The van der Waals surface area contributed by atoms with E-state index in [0.29, 0.717) is 28.4 Å². The molecule has 2 rings (SSSR count). The van der Waals surface area contributed by atoms with E-state index in [2.05, 4.69) is 29.8 Å². The van der Waals surface area contributed by atoms with Gasteiger partial charge < -0.3 is 10.1 Å². The van der Waals surface area contributed by atoms with Crippen molar-refractivity contribution in [3.63, 3.8) is 0 Å². The van der Waals surface area contributed by atoms with Crippen LogP contribution in [0.2, 0.25) is 10.0 Å². The van der Waals surface area contributed by atoms with Crippen LogP contribution in [0.4, 0.5) is 0 Å². The number of hydrogen-bond donors (Lipinski definition) is 1. The maximum atomic E-state index is 6.02. The van der Waals surface area contributed by atoms with Gasteiger partial charge >= 0.3 is 0 Å². The van der Waals surface area contributed by atoms with Crippen LogP contribution in [0.3, 0.4) is 0 Å². The molecule has 1 heterocycles. The molecule has 1 aromatic carbocycles. The van der Waals surface area contributed by atoms with E-state index in [-0.39, 0.29) is 0 Å². The summed E-state index contributed by atoms with van der Waals surface area (Å²) in [5, 5.41) is 6.55. The lowest BCUT2D eigenvalue weighted by molar-refractivity contribution is 0.308. The van der Waals surface area contributed by atoms with Crippen molar-refractivity contribution in [3.8, 4) is 5.75 Å². The van der Waals surface area contributed by atoms with Crippen molar-refractivity contribution in [2.75, 3.05) is 13.2 Å². The summed E-state index contributed by atoms with van der Waals surface area (Å²) in [6.45, 7) is 3.40. The van der Waals surface area contributed by atoms with Gasteiger partial charge in [0.2, 0.25) is 0 Å². The minimum atomic E-state index is 0.324. The number of para-hydroxylation sites is 1. The highest BCUT2D eigenvalue weighted by Crippen LogP contribution is 2.32. The van der Waals surface area contributed by atoms with Gasteiger partial charge in [0.25, 0.3) is 0 Å². The van der Waals surface area contributed by atoms with E-state index in [1.54, 1.807) is 29.5 Å². The van der Waals surface area contributed by atoms with E-state index in [4.69, 9.17) is 27.9 Å². The Morgan fingerprint density at radius 2 is 1.95 bits per heavy atom. The molecular weight excluding hydrogens is 301 g/mol. The summed E-state index contributed by atoms with van der Waals surface area (Å²) in [5.74, 6) is 0.552. The fourth-order valence-electron chi connectivity index (χ4n) is 1.69. The Morgan fingerprint density at radius 1 is 1.21 bits per heavy atom. The van der Waals surface area contributed by atoms with Crippen LogP contribution < -0.4 is 10.1 Å². The third-order valence-corrected chi connectivity index (χ3v) is 4.34. The fraction of sp³-hybridized carbons (Fsp3) is 0.286. The van der Waals surface area contributed by atoms with Crippen molar-refractivity contribution in [2.24, 2.45) is 0 Å². The SMILES string of the molecule is CC(NCCOc1c(Cl)cccc1Cl)c1cccs1. The molecule has 19 heavy (non-hydrogen) atoms. The second kappa shape index (κ2) is 7.15. The van der Waals surface area contributed by atoms with Crippen molar-refractivity contribution < 1.29 is 4.74 Å². The van der Waals surface area contributed by atoms with E-state index in [0.717, 1.165) is 6.54 Å². The predicted octanol–water partition coefficient (Wildman–Crippen LogP) is 4.78. The summed E-state index contributed by atoms with van der Waals surface area (Å²) in [7, 11) is 0. The highest BCUT2D eigenvalue weighted by molar-refractivity contribution is 7.10. The van der Waals surface area contributed by atoms with Crippen LogP contribution in [0.15, 0.2) is 35.7 Å². The van der Waals surface area contributed by atoms with Gasteiger partial charge in [0.05, 0.1) is 10.0 Å². The molecule has 1 N–H and O–H groups in total. The summed E-state index contributed by atoms with van der Waals surface area (Å²) in [6, 6.07) is 9.83. The van der Waals surface area contributed by atoms with Crippen LogP contribution in [0.1, 0.15) is 17.8 Å². The van der Waals surface area contributed by atoms with Gasteiger partial charge in [-0.15, -0.1) is 11.3 Å². The second-order valence-electron chi connectivity index (χ2n) is 4.09. The molecule has 0 radical (unpaired) electrons. The van der Waals surface area contributed by atoms with E-state index in [9.17, 15) is 0 Å². The first kappa shape index (κ1) is 14.7. The Bertz CT molecular complexity index is 496. The third-order valence-electron chi connectivity index (χ3n) is 2.69. The largest absolute Gasteiger partial charge is 0.489 e. The second-order valence-corrected chi connectivity index (χ2v) is 5.88. The number of rotatable bonds is 6. The highest BCUT2D eigenvalue weighted by Gasteiger charge is 2.08. The molecule has 1 atom stereocenters. The molecule has 0 aliphatic heterocycles. The van der Waals surface area contributed by atoms with E-state index < -0.39 is 0 Å². The molecule has 0 bridgehead atoms. The maximum Gasteiger partial charge on any atom is 0.156 e. The Hall–Kier alpha value is -0.740. The average molecular weight is 316 g/mol. The van der Waals surface area contributed by atoms with Crippen LogP contribution in [-0.2, 0) is 0 Å². The van der Waals surface area contributed by atoms with Crippen LogP contribution in [0.5, 0.6) is 5.75 Å². The molecule has 0 spiro atoms. The molecule has 1 unspecified atom stereocenters.